The third-order valence-electron chi connectivity index (χ3n) is 0.242. The SMILES string of the molecule is C=C(Cl)OS(C)(=O)=O. The first kappa shape index (κ1) is 7.78. The molecule has 0 N–H and O–H groups in total. The van der Waals surface area contributed by atoms with E-state index in [0.29, 0.717) is 0 Å². The molecule has 0 atom stereocenters. The van der Waals surface area contributed by atoms with Gasteiger partial charge in [0.25, 0.3) is 0 Å². The molecule has 0 bridgehead atoms. The topological polar surface area (TPSA) is 43.4 Å². The standard InChI is InChI=1S/C3H5ClO3S/c1-3(4)7-8(2,5)6/h1H2,2H3. The molecule has 0 aromatic rings. The number of hydrogen-bond acceptors (Lipinski definition) is 3. The van der Waals surface area contributed by atoms with Crippen LogP contribution in [0.3, 0.4) is 0 Å². The zero-order valence-electron chi connectivity index (χ0n) is 4.22. The smallest absolute Gasteiger partial charge is 0.307 e. The van der Waals surface area contributed by atoms with Crippen LogP contribution in [0.1, 0.15) is 0 Å². The van der Waals surface area contributed by atoms with Gasteiger partial charge in [0.1, 0.15) is 0 Å². The molecule has 8 heavy (non-hydrogen) atoms. The largest absolute Gasteiger partial charge is 0.371 e. The Balaban J connectivity index is 3.95. The third kappa shape index (κ3) is 5.78. The van der Waals surface area contributed by atoms with Gasteiger partial charge in [-0.1, -0.05) is 0 Å². The summed E-state index contributed by atoms with van der Waals surface area (Å²) in [6, 6.07) is 0. The zero-order chi connectivity index (χ0) is 6.78. The predicted octanol–water partition coefficient (Wildman–Crippen LogP) is 0.673. The lowest BCUT2D eigenvalue weighted by Crippen LogP contribution is -1.97. The Bertz CT molecular complexity index is 181. The minimum absolute atomic E-state index is 0.340. The van der Waals surface area contributed by atoms with Crippen molar-refractivity contribution in [3.05, 3.63) is 11.8 Å². The van der Waals surface area contributed by atoms with Crippen LogP contribution in [0.5, 0.6) is 0 Å². The minimum Gasteiger partial charge on any atom is -0.371 e. The highest BCUT2D eigenvalue weighted by atomic mass is 35.5. The first-order valence-electron chi connectivity index (χ1n) is 1.65. The van der Waals surface area contributed by atoms with Gasteiger partial charge in [-0.2, -0.15) is 8.42 Å². The van der Waals surface area contributed by atoms with E-state index in [-0.39, 0.29) is 5.22 Å². The summed E-state index contributed by atoms with van der Waals surface area (Å²) in [5, 5.41) is -0.340. The van der Waals surface area contributed by atoms with Crippen LogP contribution in [0.25, 0.3) is 0 Å². The van der Waals surface area contributed by atoms with Crippen LogP contribution in [-0.4, -0.2) is 14.7 Å². The Morgan fingerprint density at radius 2 is 2.12 bits per heavy atom. The van der Waals surface area contributed by atoms with Gasteiger partial charge >= 0.3 is 10.1 Å². The summed E-state index contributed by atoms with van der Waals surface area (Å²) >= 11 is 4.97. The van der Waals surface area contributed by atoms with E-state index in [1.165, 1.54) is 0 Å². The minimum atomic E-state index is -3.45. The van der Waals surface area contributed by atoms with Gasteiger partial charge in [-0.3, -0.25) is 0 Å². The molecular weight excluding hydrogens is 152 g/mol. The van der Waals surface area contributed by atoms with Crippen molar-refractivity contribution in [2.24, 2.45) is 0 Å². The molecule has 48 valence electrons. The Hall–Kier alpha value is -0.220. The van der Waals surface area contributed by atoms with Crippen LogP contribution >= 0.6 is 11.6 Å². The van der Waals surface area contributed by atoms with Gasteiger partial charge in [-0.15, -0.1) is 0 Å². The highest BCUT2D eigenvalue weighted by Crippen LogP contribution is 2.02. The molecule has 0 aromatic carbocycles. The van der Waals surface area contributed by atoms with Crippen molar-refractivity contribution in [3.8, 4) is 0 Å². The summed E-state index contributed by atoms with van der Waals surface area (Å²) in [5.41, 5.74) is 0. The van der Waals surface area contributed by atoms with Crippen molar-refractivity contribution in [1.82, 2.24) is 0 Å². The summed E-state index contributed by atoms with van der Waals surface area (Å²) in [5.74, 6) is 0. The molecule has 0 amide bonds. The van der Waals surface area contributed by atoms with E-state index >= 15 is 0 Å². The second-order valence-corrected chi connectivity index (χ2v) is 3.14. The summed E-state index contributed by atoms with van der Waals surface area (Å²) < 4.78 is 24.1. The third-order valence-corrected chi connectivity index (χ3v) is 0.914. The summed E-state index contributed by atoms with van der Waals surface area (Å²) in [6.07, 6.45) is 0.889. The Labute approximate surface area is 53.0 Å². The highest BCUT2D eigenvalue weighted by molar-refractivity contribution is 7.86. The molecule has 0 heterocycles. The molecule has 0 aliphatic rings. The fraction of sp³-hybridized carbons (Fsp3) is 0.333. The van der Waals surface area contributed by atoms with Gasteiger partial charge in [0.2, 0.25) is 5.22 Å². The van der Waals surface area contributed by atoms with Gasteiger partial charge in [0.15, 0.2) is 0 Å². The van der Waals surface area contributed by atoms with Crippen LogP contribution < -0.4 is 0 Å². The maximum atomic E-state index is 10.1. The molecule has 0 unspecified atom stereocenters. The first-order valence-corrected chi connectivity index (χ1v) is 3.85. The average molecular weight is 157 g/mol. The molecule has 0 aliphatic heterocycles. The van der Waals surface area contributed by atoms with E-state index in [9.17, 15) is 8.42 Å². The highest BCUT2D eigenvalue weighted by Gasteiger charge is 2.00. The molecule has 0 fully saturated rings. The van der Waals surface area contributed by atoms with Gasteiger partial charge in [0, 0.05) is 0 Å². The molecule has 3 nitrogen and oxygen atoms in total. The fourth-order valence-corrected chi connectivity index (χ4v) is 0.836. The second kappa shape index (κ2) is 2.37. The van der Waals surface area contributed by atoms with Crippen LogP contribution in [0, 0.1) is 0 Å². The molecule has 0 spiro atoms. The summed E-state index contributed by atoms with van der Waals surface area (Å²) in [4.78, 5) is 0. The monoisotopic (exact) mass is 156 g/mol. The maximum Gasteiger partial charge on any atom is 0.307 e. The molecule has 0 rings (SSSR count). The van der Waals surface area contributed by atoms with E-state index in [1.807, 2.05) is 0 Å². The van der Waals surface area contributed by atoms with Crippen LogP contribution in [0.15, 0.2) is 11.8 Å². The van der Waals surface area contributed by atoms with E-state index in [0.717, 1.165) is 6.26 Å². The number of rotatable bonds is 2. The lowest BCUT2D eigenvalue weighted by atomic mass is 11.2. The average Bonchev–Trinajstić information content (AvgIpc) is 1.21. The Kier molecular flexibility index (Phi) is 2.30. The lowest BCUT2D eigenvalue weighted by molar-refractivity contribution is 0.439. The first-order chi connectivity index (χ1) is 3.42. The van der Waals surface area contributed by atoms with Crippen molar-refractivity contribution in [2.45, 2.75) is 0 Å². The van der Waals surface area contributed by atoms with E-state index in [2.05, 4.69) is 10.8 Å². The zero-order valence-corrected chi connectivity index (χ0v) is 5.79. The second-order valence-electron chi connectivity index (χ2n) is 1.14. The van der Waals surface area contributed by atoms with Gasteiger partial charge in [-0.05, 0) is 18.2 Å². The van der Waals surface area contributed by atoms with Crippen LogP contribution in [0.4, 0.5) is 0 Å². The van der Waals surface area contributed by atoms with Crippen molar-refractivity contribution >= 4 is 21.7 Å². The summed E-state index contributed by atoms with van der Waals surface area (Å²) in [7, 11) is -3.45. The molecule has 0 radical (unpaired) electrons. The van der Waals surface area contributed by atoms with Gasteiger partial charge < -0.3 is 4.18 Å². The van der Waals surface area contributed by atoms with Crippen molar-refractivity contribution < 1.29 is 12.6 Å². The van der Waals surface area contributed by atoms with Crippen molar-refractivity contribution in [1.29, 1.82) is 0 Å². The predicted molar refractivity (Wildman–Crippen MR) is 30.9 cm³/mol. The van der Waals surface area contributed by atoms with Gasteiger partial charge in [0.05, 0.1) is 6.26 Å². The van der Waals surface area contributed by atoms with E-state index in [1.54, 1.807) is 0 Å². The molecule has 0 saturated heterocycles. The van der Waals surface area contributed by atoms with Crippen LogP contribution in [-0.2, 0) is 14.3 Å². The molecule has 0 saturated carbocycles. The molecule has 0 aliphatic carbocycles. The molecular formula is C3H5ClO3S. The number of halogens is 1. The van der Waals surface area contributed by atoms with Crippen molar-refractivity contribution in [2.75, 3.05) is 6.26 Å². The molecule has 0 aromatic heterocycles. The fourth-order valence-electron chi connectivity index (χ4n) is 0.164. The van der Waals surface area contributed by atoms with Crippen molar-refractivity contribution in [3.63, 3.8) is 0 Å². The summed E-state index contributed by atoms with van der Waals surface area (Å²) in [6.45, 7) is 3.00. The normalized spacial score (nSPS) is 10.8. The van der Waals surface area contributed by atoms with Gasteiger partial charge in [-0.25, -0.2) is 0 Å². The number of hydrogen-bond donors (Lipinski definition) is 0. The molecule has 5 heteroatoms. The Morgan fingerprint density at radius 1 is 1.75 bits per heavy atom. The Morgan fingerprint density at radius 3 is 2.12 bits per heavy atom. The maximum absolute atomic E-state index is 10.1. The van der Waals surface area contributed by atoms with E-state index < -0.39 is 10.1 Å². The quantitative estimate of drug-likeness (QED) is 0.436. The van der Waals surface area contributed by atoms with Crippen LogP contribution in [0.2, 0.25) is 0 Å². The lowest BCUT2D eigenvalue weighted by Gasteiger charge is -1.94. The van der Waals surface area contributed by atoms with E-state index in [4.69, 9.17) is 11.6 Å².